The molecule has 1 aliphatic heterocycles. The van der Waals surface area contributed by atoms with Crippen molar-refractivity contribution in [3.8, 4) is 0 Å². The summed E-state index contributed by atoms with van der Waals surface area (Å²) >= 11 is 0. The first-order valence-corrected chi connectivity index (χ1v) is 9.72. The fraction of sp³-hybridized carbons (Fsp3) is 0.591. The first-order chi connectivity index (χ1) is 12.1. The second-order valence-corrected chi connectivity index (χ2v) is 7.93. The fourth-order valence-electron chi connectivity index (χ4n) is 4.86. The number of allylic oxidation sites excluding steroid dienone is 1. The lowest BCUT2D eigenvalue weighted by Gasteiger charge is -2.45. The Morgan fingerprint density at radius 1 is 1.28 bits per heavy atom. The van der Waals surface area contributed by atoms with Gasteiger partial charge in [-0.15, -0.1) is 6.58 Å². The molecule has 1 heterocycles. The summed E-state index contributed by atoms with van der Waals surface area (Å²) in [4.78, 5) is 15.1. The van der Waals surface area contributed by atoms with Crippen LogP contribution in [0, 0.1) is 11.7 Å². The van der Waals surface area contributed by atoms with Gasteiger partial charge < -0.3 is 4.90 Å². The maximum absolute atomic E-state index is 13.3. The molecule has 1 aromatic carbocycles. The number of hydrogen-bond acceptors (Lipinski definition) is 1. The maximum Gasteiger partial charge on any atom is 0.223 e. The Morgan fingerprint density at radius 3 is 2.56 bits per heavy atom. The highest BCUT2D eigenvalue weighted by Crippen LogP contribution is 2.41. The van der Waals surface area contributed by atoms with Crippen molar-refractivity contribution in [1.29, 1.82) is 0 Å². The zero-order valence-electron chi connectivity index (χ0n) is 15.3. The van der Waals surface area contributed by atoms with Crippen LogP contribution in [0.15, 0.2) is 36.9 Å². The second kappa shape index (κ2) is 7.72. The predicted molar refractivity (Wildman–Crippen MR) is 99.9 cm³/mol. The minimum absolute atomic E-state index is 0.227. The Hall–Kier alpha value is -1.64. The van der Waals surface area contributed by atoms with E-state index in [-0.39, 0.29) is 17.1 Å². The molecule has 0 N–H and O–H groups in total. The van der Waals surface area contributed by atoms with E-state index in [1.165, 1.54) is 44.2 Å². The van der Waals surface area contributed by atoms with Crippen LogP contribution in [0.5, 0.6) is 0 Å². The molecule has 0 bridgehead atoms. The van der Waals surface area contributed by atoms with Crippen LogP contribution >= 0.6 is 0 Å². The molecule has 0 radical (unpaired) electrons. The number of likely N-dealkylation sites (tertiary alicyclic amines) is 1. The van der Waals surface area contributed by atoms with E-state index in [4.69, 9.17) is 0 Å². The van der Waals surface area contributed by atoms with Crippen LogP contribution in [0.2, 0.25) is 0 Å². The summed E-state index contributed by atoms with van der Waals surface area (Å²) in [5.74, 6) is 0.665. The highest BCUT2D eigenvalue weighted by molar-refractivity contribution is 5.79. The third kappa shape index (κ3) is 3.80. The summed E-state index contributed by atoms with van der Waals surface area (Å²) in [6.07, 6.45) is 10.5. The molecule has 2 nitrogen and oxygen atoms in total. The van der Waals surface area contributed by atoms with E-state index in [0.717, 1.165) is 24.9 Å². The number of carbonyl (C=O) groups is 1. The second-order valence-electron chi connectivity index (χ2n) is 7.93. The molecule has 1 saturated carbocycles. The number of halogens is 1. The van der Waals surface area contributed by atoms with Crippen molar-refractivity contribution in [2.75, 3.05) is 6.54 Å². The lowest BCUT2D eigenvalue weighted by atomic mass is 9.69. The van der Waals surface area contributed by atoms with Crippen LogP contribution in [0.25, 0.3) is 0 Å². The number of carbonyl (C=O) groups excluding carboxylic acids is 1. The highest BCUT2D eigenvalue weighted by Gasteiger charge is 2.41. The van der Waals surface area contributed by atoms with E-state index >= 15 is 0 Å². The van der Waals surface area contributed by atoms with Crippen LogP contribution in [-0.4, -0.2) is 23.4 Å². The van der Waals surface area contributed by atoms with Gasteiger partial charge in [-0.2, -0.15) is 0 Å². The zero-order valence-corrected chi connectivity index (χ0v) is 15.3. The number of hydrogen-bond donors (Lipinski definition) is 0. The molecule has 1 unspecified atom stereocenters. The van der Waals surface area contributed by atoms with E-state index in [1.54, 1.807) is 0 Å². The minimum atomic E-state index is -0.229. The minimum Gasteiger partial charge on any atom is -0.340 e. The molecule has 3 rings (SSSR count). The zero-order chi connectivity index (χ0) is 17.9. The SMILES string of the molecule is C=CCC1(c2ccc(F)cc2)CCN([C@@H](C)C2CCCCC2)C(=O)C1. The topological polar surface area (TPSA) is 20.3 Å². The molecule has 136 valence electrons. The standard InChI is InChI=1S/C22H30FNO/c1-3-13-22(19-9-11-20(23)12-10-19)14-15-24(21(25)16-22)17(2)18-7-5-4-6-8-18/h3,9-12,17-18H,1,4-8,13-16H2,2H3/t17-,22?/m0/s1. The smallest absolute Gasteiger partial charge is 0.223 e. The van der Waals surface area contributed by atoms with Crippen LogP contribution in [-0.2, 0) is 10.2 Å². The van der Waals surface area contributed by atoms with E-state index in [0.29, 0.717) is 18.4 Å². The molecule has 0 aromatic heterocycles. The van der Waals surface area contributed by atoms with Gasteiger partial charge in [-0.3, -0.25) is 4.79 Å². The Bertz CT molecular complexity index is 605. The van der Waals surface area contributed by atoms with E-state index in [2.05, 4.69) is 18.4 Å². The largest absolute Gasteiger partial charge is 0.340 e. The fourth-order valence-corrected chi connectivity index (χ4v) is 4.86. The van der Waals surface area contributed by atoms with Gasteiger partial charge in [0.25, 0.3) is 0 Å². The Morgan fingerprint density at radius 2 is 1.96 bits per heavy atom. The third-order valence-corrected chi connectivity index (χ3v) is 6.46. The van der Waals surface area contributed by atoms with Crippen molar-refractivity contribution < 1.29 is 9.18 Å². The van der Waals surface area contributed by atoms with Crippen molar-refractivity contribution in [3.63, 3.8) is 0 Å². The number of nitrogens with zero attached hydrogens (tertiary/aromatic N) is 1. The monoisotopic (exact) mass is 343 g/mol. The van der Waals surface area contributed by atoms with Gasteiger partial charge in [0.15, 0.2) is 0 Å². The van der Waals surface area contributed by atoms with E-state index in [1.807, 2.05) is 18.2 Å². The average molecular weight is 343 g/mol. The van der Waals surface area contributed by atoms with Gasteiger partial charge in [-0.25, -0.2) is 4.39 Å². The number of rotatable bonds is 5. The van der Waals surface area contributed by atoms with Crippen LogP contribution in [0.4, 0.5) is 4.39 Å². The highest BCUT2D eigenvalue weighted by atomic mass is 19.1. The van der Waals surface area contributed by atoms with Crippen molar-refractivity contribution in [1.82, 2.24) is 4.90 Å². The molecular formula is C22H30FNO. The normalized spacial score (nSPS) is 26.5. The summed E-state index contributed by atoms with van der Waals surface area (Å²) in [6, 6.07) is 7.02. The number of amides is 1. The van der Waals surface area contributed by atoms with Gasteiger partial charge in [0.05, 0.1) is 0 Å². The van der Waals surface area contributed by atoms with Crippen molar-refractivity contribution in [3.05, 3.63) is 48.3 Å². The van der Waals surface area contributed by atoms with Gasteiger partial charge >= 0.3 is 0 Å². The van der Waals surface area contributed by atoms with Crippen molar-refractivity contribution in [2.45, 2.75) is 69.7 Å². The molecule has 2 aliphatic rings. The molecule has 2 atom stereocenters. The molecule has 1 amide bonds. The molecule has 3 heteroatoms. The Balaban J connectivity index is 1.76. The summed E-state index contributed by atoms with van der Waals surface area (Å²) in [6.45, 7) is 6.92. The molecule has 2 fully saturated rings. The molecule has 1 aliphatic carbocycles. The lowest BCUT2D eigenvalue weighted by molar-refractivity contribution is -0.139. The van der Waals surface area contributed by atoms with Gasteiger partial charge in [-0.05, 0) is 56.2 Å². The molecule has 25 heavy (non-hydrogen) atoms. The van der Waals surface area contributed by atoms with Crippen LogP contribution in [0.3, 0.4) is 0 Å². The molecule has 1 aromatic rings. The number of piperidine rings is 1. The van der Waals surface area contributed by atoms with E-state index in [9.17, 15) is 9.18 Å². The summed E-state index contributed by atoms with van der Waals surface area (Å²) in [5.41, 5.74) is 0.835. The summed E-state index contributed by atoms with van der Waals surface area (Å²) in [5, 5.41) is 0. The summed E-state index contributed by atoms with van der Waals surface area (Å²) < 4.78 is 13.3. The first-order valence-electron chi connectivity index (χ1n) is 9.72. The average Bonchev–Trinajstić information content (AvgIpc) is 2.63. The van der Waals surface area contributed by atoms with Crippen molar-refractivity contribution in [2.24, 2.45) is 5.92 Å². The van der Waals surface area contributed by atoms with Gasteiger partial charge in [0.2, 0.25) is 5.91 Å². The molecular weight excluding hydrogens is 313 g/mol. The van der Waals surface area contributed by atoms with Gasteiger partial charge in [-0.1, -0.05) is 37.5 Å². The first kappa shape index (κ1) is 18.2. The molecule has 1 saturated heterocycles. The lowest BCUT2D eigenvalue weighted by Crippen LogP contribution is -2.51. The van der Waals surface area contributed by atoms with Gasteiger partial charge in [0.1, 0.15) is 5.82 Å². The van der Waals surface area contributed by atoms with Crippen LogP contribution < -0.4 is 0 Å². The quantitative estimate of drug-likeness (QED) is 0.670. The predicted octanol–water partition coefficient (Wildman–Crippen LogP) is 5.23. The Labute approximate surface area is 151 Å². The Kier molecular flexibility index (Phi) is 5.61. The summed E-state index contributed by atoms with van der Waals surface area (Å²) in [7, 11) is 0. The van der Waals surface area contributed by atoms with Crippen LogP contribution in [0.1, 0.15) is 63.9 Å². The van der Waals surface area contributed by atoms with Crippen molar-refractivity contribution >= 4 is 5.91 Å². The van der Waals surface area contributed by atoms with E-state index < -0.39 is 0 Å². The molecule has 0 spiro atoms. The maximum atomic E-state index is 13.3. The van der Waals surface area contributed by atoms with Gasteiger partial charge in [0, 0.05) is 24.4 Å². The number of benzene rings is 1. The third-order valence-electron chi connectivity index (χ3n) is 6.46.